The maximum atomic E-state index is 11.0. The smallest absolute Gasteiger partial charge is 0.186 e. The molecule has 0 heterocycles. The average Bonchev–Trinajstić information content (AvgIpc) is 2.03. The molecular weight excluding hydrogens is 156 g/mol. The minimum Gasteiger partial charge on any atom is -0.350 e. The maximum absolute atomic E-state index is 11.0. The first-order valence-electron chi connectivity index (χ1n) is 4.61. The third-order valence-electron chi connectivity index (χ3n) is 1.49. The molecule has 0 N–H and O–H groups in total. The molecule has 3 heteroatoms. The highest BCUT2D eigenvalue weighted by Gasteiger charge is 2.15. The van der Waals surface area contributed by atoms with Crippen molar-refractivity contribution in [3.63, 3.8) is 0 Å². The second-order valence-corrected chi connectivity index (χ2v) is 2.75. The molecule has 2 unspecified atom stereocenters. The number of unbranched alkanes of at least 4 members (excludes halogenated alkanes) is 1. The Kier molecular flexibility index (Phi) is 7.45. The predicted molar refractivity (Wildman–Crippen MR) is 46.4 cm³/mol. The van der Waals surface area contributed by atoms with E-state index < -0.39 is 12.4 Å². The van der Waals surface area contributed by atoms with E-state index in [4.69, 9.17) is 9.47 Å². The summed E-state index contributed by atoms with van der Waals surface area (Å²) < 4.78 is 10.4. The van der Waals surface area contributed by atoms with Gasteiger partial charge in [-0.25, -0.2) is 5.11 Å². The van der Waals surface area contributed by atoms with Crippen LogP contribution in [0, 0.1) is 0 Å². The van der Waals surface area contributed by atoms with Crippen LogP contribution in [0.4, 0.5) is 0 Å². The van der Waals surface area contributed by atoms with E-state index in [1.807, 2.05) is 6.92 Å². The summed E-state index contributed by atoms with van der Waals surface area (Å²) in [5, 5.41) is 11.0. The van der Waals surface area contributed by atoms with Crippen molar-refractivity contribution >= 4 is 0 Å². The van der Waals surface area contributed by atoms with Crippen LogP contribution in [-0.2, 0) is 14.6 Å². The van der Waals surface area contributed by atoms with Crippen LogP contribution in [0.25, 0.3) is 0 Å². The molecule has 12 heavy (non-hydrogen) atoms. The first-order chi connectivity index (χ1) is 5.72. The summed E-state index contributed by atoms with van der Waals surface area (Å²) in [4.78, 5) is 0. The minimum absolute atomic E-state index is 0.531. The molecule has 0 spiro atoms. The zero-order valence-electron chi connectivity index (χ0n) is 8.21. The molecule has 0 aliphatic heterocycles. The van der Waals surface area contributed by atoms with Crippen LogP contribution in [0.1, 0.15) is 33.6 Å². The lowest BCUT2D eigenvalue weighted by molar-refractivity contribution is -0.201. The van der Waals surface area contributed by atoms with E-state index in [1.54, 1.807) is 6.92 Å². The van der Waals surface area contributed by atoms with Gasteiger partial charge in [0.1, 0.15) is 6.10 Å². The summed E-state index contributed by atoms with van der Waals surface area (Å²) in [6.07, 6.45) is 0.686. The van der Waals surface area contributed by atoms with Gasteiger partial charge in [0.15, 0.2) is 6.29 Å². The van der Waals surface area contributed by atoms with Crippen LogP contribution in [0.3, 0.4) is 0 Å². The van der Waals surface area contributed by atoms with E-state index in [0.717, 1.165) is 12.8 Å². The van der Waals surface area contributed by atoms with E-state index in [0.29, 0.717) is 13.2 Å². The van der Waals surface area contributed by atoms with Gasteiger partial charge in [-0.1, -0.05) is 13.3 Å². The highest BCUT2D eigenvalue weighted by molar-refractivity contribution is 4.51. The summed E-state index contributed by atoms with van der Waals surface area (Å²) in [5.74, 6) is 0. The van der Waals surface area contributed by atoms with Crippen molar-refractivity contribution < 1.29 is 14.6 Å². The van der Waals surface area contributed by atoms with Crippen LogP contribution in [0.2, 0.25) is 0 Å². The van der Waals surface area contributed by atoms with Gasteiger partial charge >= 0.3 is 0 Å². The lowest BCUT2D eigenvalue weighted by Gasteiger charge is -2.18. The molecule has 0 aromatic rings. The first-order valence-corrected chi connectivity index (χ1v) is 4.61. The van der Waals surface area contributed by atoms with Crippen molar-refractivity contribution in [2.75, 3.05) is 13.2 Å². The van der Waals surface area contributed by atoms with Crippen LogP contribution >= 0.6 is 0 Å². The van der Waals surface area contributed by atoms with Crippen LogP contribution < -0.4 is 0 Å². The average molecular weight is 175 g/mol. The summed E-state index contributed by atoms with van der Waals surface area (Å²) in [7, 11) is 0. The van der Waals surface area contributed by atoms with Gasteiger partial charge in [0.25, 0.3) is 0 Å². The zero-order valence-corrected chi connectivity index (χ0v) is 8.21. The Morgan fingerprint density at radius 2 is 1.92 bits per heavy atom. The molecule has 0 aromatic carbocycles. The molecule has 0 aliphatic rings. The lowest BCUT2D eigenvalue weighted by Crippen LogP contribution is -2.28. The highest BCUT2D eigenvalue weighted by Crippen LogP contribution is 2.03. The normalized spacial score (nSPS) is 16.0. The molecule has 0 saturated heterocycles. The Morgan fingerprint density at radius 3 is 2.33 bits per heavy atom. The molecular formula is C9H19O3. The molecule has 0 amide bonds. The second-order valence-electron chi connectivity index (χ2n) is 2.75. The van der Waals surface area contributed by atoms with Gasteiger partial charge in [0, 0.05) is 13.2 Å². The van der Waals surface area contributed by atoms with Crippen molar-refractivity contribution in [1.29, 1.82) is 0 Å². The van der Waals surface area contributed by atoms with Crippen molar-refractivity contribution in [3.05, 3.63) is 0 Å². The van der Waals surface area contributed by atoms with Crippen LogP contribution in [-0.4, -0.2) is 25.6 Å². The SMILES string of the molecule is CCCCOC(OCC)C(C)[O]. The van der Waals surface area contributed by atoms with Gasteiger partial charge < -0.3 is 9.47 Å². The van der Waals surface area contributed by atoms with Crippen molar-refractivity contribution in [3.8, 4) is 0 Å². The lowest BCUT2D eigenvalue weighted by atomic mass is 10.3. The summed E-state index contributed by atoms with van der Waals surface area (Å²) in [6.45, 7) is 6.65. The Hall–Kier alpha value is -0.120. The standard InChI is InChI=1S/C9H19O3/c1-4-6-7-12-9(8(3)10)11-5-2/h8-9H,4-7H2,1-3H3. The molecule has 2 atom stereocenters. The van der Waals surface area contributed by atoms with Gasteiger partial charge in [-0.05, 0) is 20.3 Å². The maximum Gasteiger partial charge on any atom is 0.186 e. The Balaban J connectivity index is 3.49. The Morgan fingerprint density at radius 1 is 1.25 bits per heavy atom. The van der Waals surface area contributed by atoms with Gasteiger partial charge in [-0.2, -0.15) is 0 Å². The van der Waals surface area contributed by atoms with E-state index in [-0.39, 0.29) is 0 Å². The van der Waals surface area contributed by atoms with E-state index >= 15 is 0 Å². The van der Waals surface area contributed by atoms with Crippen molar-refractivity contribution in [2.24, 2.45) is 0 Å². The fourth-order valence-corrected chi connectivity index (χ4v) is 0.827. The summed E-state index contributed by atoms with van der Waals surface area (Å²) >= 11 is 0. The number of rotatable bonds is 7. The predicted octanol–water partition coefficient (Wildman–Crippen LogP) is 1.98. The summed E-state index contributed by atoms with van der Waals surface area (Å²) in [5.41, 5.74) is 0. The quantitative estimate of drug-likeness (QED) is 0.438. The van der Waals surface area contributed by atoms with Gasteiger partial charge in [0.05, 0.1) is 0 Å². The van der Waals surface area contributed by atoms with Crippen LogP contribution in [0.5, 0.6) is 0 Å². The second kappa shape index (κ2) is 7.53. The van der Waals surface area contributed by atoms with E-state index in [2.05, 4.69) is 6.92 Å². The van der Waals surface area contributed by atoms with Gasteiger partial charge in [0.2, 0.25) is 0 Å². The molecule has 0 aromatic heterocycles. The third-order valence-corrected chi connectivity index (χ3v) is 1.49. The van der Waals surface area contributed by atoms with E-state index in [9.17, 15) is 5.11 Å². The molecule has 73 valence electrons. The number of hydrogen-bond acceptors (Lipinski definition) is 2. The molecule has 0 aliphatic carbocycles. The Labute approximate surface area is 74.7 Å². The molecule has 0 rings (SSSR count). The number of hydrogen-bond donors (Lipinski definition) is 0. The monoisotopic (exact) mass is 175 g/mol. The molecule has 0 bridgehead atoms. The van der Waals surface area contributed by atoms with E-state index in [1.165, 1.54) is 0 Å². The van der Waals surface area contributed by atoms with Crippen molar-refractivity contribution in [1.82, 2.24) is 0 Å². The first kappa shape index (κ1) is 11.9. The van der Waals surface area contributed by atoms with Crippen molar-refractivity contribution in [2.45, 2.75) is 46.0 Å². The largest absolute Gasteiger partial charge is 0.350 e. The minimum atomic E-state index is -0.804. The highest BCUT2D eigenvalue weighted by atomic mass is 16.7. The molecule has 1 radical (unpaired) electrons. The fraction of sp³-hybridized carbons (Fsp3) is 1.00. The summed E-state index contributed by atoms with van der Waals surface area (Å²) in [6, 6.07) is 0. The zero-order chi connectivity index (χ0) is 9.40. The van der Waals surface area contributed by atoms with Gasteiger partial charge in [-0.15, -0.1) is 0 Å². The number of ether oxygens (including phenoxy) is 2. The third kappa shape index (κ3) is 5.52. The Bertz CT molecular complexity index is 93.8. The topological polar surface area (TPSA) is 38.4 Å². The van der Waals surface area contributed by atoms with Crippen LogP contribution in [0.15, 0.2) is 0 Å². The molecule has 3 nitrogen and oxygen atoms in total. The molecule has 0 saturated carbocycles. The van der Waals surface area contributed by atoms with Gasteiger partial charge in [-0.3, -0.25) is 0 Å². The molecule has 0 fully saturated rings. The fourth-order valence-electron chi connectivity index (χ4n) is 0.827.